The minimum atomic E-state index is -0.747. The molecule has 0 unspecified atom stereocenters. The van der Waals surface area contributed by atoms with Gasteiger partial charge in [-0.1, -0.05) is 29.8 Å². The lowest BCUT2D eigenvalue weighted by molar-refractivity contribution is -0.143. The molecule has 2 rings (SSSR count). The van der Waals surface area contributed by atoms with E-state index >= 15 is 0 Å². The number of urea groups is 1. The topological polar surface area (TPSA) is 57.7 Å². The number of aryl methyl sites for hydroxylation is 1. The smallest absolute Gasteiger partial charge is 0.263 e. The molecule has 1 heterocycles. The van der Waals surface area contributed by atoms with Crippen molar-refractivity contribution < 1.29 is 14.4 Å². The standard InChI is InChI=1S/C13H14N2O3/c1-3-14-11(16)12(17)15(13(14)18)8-10-6-4-5-9(2)7-10/h4-7H,3,8H2,1-2H3. The third-order valence-corrected chi connectivity index (χ3v) is 2.87. The van der Waals surface area contributed by atoms with Crippen molar-refractivity contribution in [3.63, 3.8) is 0 Å². The van der Waals surface area contributed by atoms with E-state index in [0.717, 1.165) is 20.9 Å². The van der Waals surface area contributed by atoms with Crippen LogP contribution in [0.3, 0.4) is 0 Å². The fraction of sp³-hybridized carbons (Fsp3) is 0.308. The average molecular weight is 246 g/mol. The van der Waals surface area contributed by atoms with Crippen LogP contribution in [0.5, 0.6) is 0 Å². The summed E-state index contributed by atoms with van der Waals surface area (Å²) in [5, 5.41) is 0. The van der Waals surface area contributed by atoms with Crippen LogP contribution in [-0.4, -0.2) is 34.2 Å². The fourth-order valence-corrected chi connectivity index (χ4v) is 1.96. The Bertz CT molecular complexity index is 525. The number of benzene rings is 1. The van der Waals surface area contributed by atoms with Gasteiger partial charge in [0.05, 0.1) is 6.54 Å². The Hall–Kier alpha value is -2.17. The zero-order valence-electron chi connectivity index (χ0n) is 10.3. The van der Waals surface area contributed by atoms with Gasteiger partial charge in [0.2, 0.25) is 0 Å². The molecule has 0 bridgehead atoms. The number of imide groups is 2. The van der Waals surface area contributed by atoms with Crippen LogP contribution in [0.1, 0.15) is 18.1 Å². The quantitative estimate of drug-likeness (QED) is 0.596. The van der Waals surface area contributed by atoms with Crippen LogP contribution in [0.2, 0.25) is 0 Å². The van der Waals surface area contributed by atoms with Gasteiger partial charge in [0.1, 0.15) is 0 Å². The number of nitrogens with zero attached hydrogens (tertiary/aromatic N) is 2. The van der Waals surface area contributed by atoms with E-state index in [1.165, 1.54) is 0 Å². The summed E-state index contributed by atoms with van der Waals surface area (Å²) < 4.78 is 0. The van der Waals surface area contributed by atoms with Gasteiger partial charge in [-0.2, -0.15) is 0 Å². The van der Waals surface area contributed by atoms with Gasteiger partial charge in [0.25, 0.3) is 0 Å². The molecule has 5 heteroatoms. The molecule has 0 aliphatic carbocycles. The fourth-order valence-electron chi connectivity index (χ4n) is 1.96. The third kappa shape index (κ3) is 1.99. The lowest BCUT2D eigenvalue weighted by atomic mass is 10.1. The van der Waals surface area contributed by atoms with Crippen molar-refractivity contribution in [3.8, 4) is 0 Å². The Morgan fingerprint density at radius 3 is 2.28 bits per heavy atom. The summed E-state index contributed by atoms with van der Waals surface area (Å²) in [6.07, 6.45) is 0. The number of hydrogen-bond acceptors (Lipinski definition) is 3. The van der Waals surface area contributed by atoms with Crippen molar-refractivity contribution in [1.29, 1.82) is 0 Å². The normalized spacial score (nSPS) is 15.8. The summed E-state index contributed by atoms with van der Waals surface area (Å²) in [4.78, 5) is 37.0. The maximum atomic E-state index is 11.9. The van der Waals surface area contributed by atoms with Gasteiger partial charge < -0.3 is 0 Å². The molecule has 0 radical (unpaired) electrons. The van der Waals surface area contributed by atoms with Gasteiger partial charge in [0, 0.05) is 6.54 Å². The monoisotopic (exact) mass is 246 g/mol. The first-order valence-corrected chi connectivity index (χ1v) is 5.77. The first-order chi connectivity index (χ1) is 8.54. The molecule has 0 atom stereocenters. The lowest BCUT2D eigenvalue weighted by Crippen LogP contribution is -2.32. The van der Waals surface area contributed by atoms with Gasteiger partial charge in [-0.05, 0) is 19.4 Å². The van der Waals surface area contributed by atoms with E-state index in [4.69, 9.17) is 0 Å². The highest BCUT2D eigenvalue weighted by Gasteiger charge is 2.43. The van der Waals surface area contributed by atoms with Crippen molar-refractivity contribution in [2.75, 3.05) is 6.54 Å². The Balaban J connectivity index is 2.22. The van der Waals surface area contributed by atoms with Crippen LogP contribution in [-0.2, 0) is 16.1 Å². The zero-order chi connectivity index (χ0) is 13.3. The number of likely N-dealkylation sites (N-methyl/N-ethyl adjacent to an activating group) is 1. The molecule has 1 aromatic carbocycles. The summed E-state index contributed by atoms with van der Waals surface area (Å²) in [6.45, 7) is 3.95. The summed E-state index contributed by atoms with van der Waals surface area (Å²) in [7, 11) is 0. The molecular weight excluding hydrogens is 232 g/mol. The van der Waals surface area contributed by atoms with Crippen molar-refractivity contribution in [3.05, 3.63) is 35.4 Å². The summed E-state index contributed by atoms with van der Waals surface area (Å²) in [5.74, 6) is -1.49. The molecule has 0 N–H and O–H groups in total. The van der Waals surface area contributed by atoms with Crippen LogP contribution >= 0.6 is 0 Å². The number of carbonyl (C=O) groups excluding carboxylic acids is 3. The maximum absolute atomic E-state index is 11.9. The number of amides is 4. The highest BCUT2D eigenvalue weighted by Crippen LogP contribution is 2.16. The second-order valence-corrected chi connectivity index (χ2v) is 4.21. The summed E-state index contributed by atoms with van der Waals surface area (Å²) in [6, 6.07) is 6.97. The molecule has 0 spiro atoms. The summed E-state index contributed by atoms with van der Waals surface area (Å²) in [5.41, 5.74) is 1.88. The predicted molar refractivity (Wildman–Crippen MR) is 64.5 cm³/mol. The average Bonchev–Trinajstić information content (AvgIpc) is 2.53. The minimum absolute atomic E-state index is 0.140. The largest absolute Gasteiger partial charge is 0.334 e. The highest BCUT2D eigenvalue weighted by atomic mass is 16.2. The highest BCUT2D eigenvalue weighted by molar-refractivity contribution is 6.44. The second kappa shape index (κ2) is 4.60. The Kier molecular flexibility index (Phi) is 3.14. The van der Waals surface area contributed by atoms with Gasteiger partial charge in [-0.3, -0.25) is 19.4 Å². The number of hydrogen-bond donors (Lipinski definition) is 0. The Labute approximate surface area is 105 Å². The van der Waals surface area contributed by atoms with Gasteiger partial charge >= 0.3 is 17.8 Å². The predicted octanol–water partition coefficient (Wildman–Crippen LogP) is 1.31. The van der Waals surface area contributed by atoms with Crippen LogP contribution in [0.15, 0.2) is 24.3 Å². The van der Waals surface area contributed by atoms with E-state index in [9.17, 15) is 14.4 Å². The van der Waals surface area contributed by atoms with Gasteiger partial charge in [-0.15, -0.1) is 0 Å². The van der Waals surface area contributed by atoms with E-state index in [1.807, 2.05) is 31.2 Å². The molecule has 1 aromatic rings. The van der Waals surface area contributed by atoms with E-state index in [-0.39, 0.29) is 13.1 Å². The Morgan fingerprint density at radius 1 is 1.06 bits per heavy atom. The zero-order valence-corrected chi connectivity index (χ0v) is 10.3. The molecule has 1 aliphatic heterocycles. The van der Waals surface area contributed by atoms with Crippen LogP contribution in [0.25, 0.3) is 0 Å². The first-order valence-electron chi connectivity index (χ1n) is 5.77. The molecular formula is C13H14N2O3. The molecule has 1 aliphatic rings. The molecule has 18 heavy (non-hydrogen) atoms. The minimum Gasteiger partial charge on any atom is -0.263 e. The molecule has 5 nitrogen and oxygen atoms in total. The van der Waals surface area contributed by atoms with Crippen LogP contribution in [0.4, 0.5) is 4.79 Å². The lowest BCUT2D eigenvalue weighted by Gasteiger charge is -2.14. The van der Waals surface area contributed by atoms with E-state index in [0.29, 0.717) is 0 Å². The maximum Gasteiger partial charge on any atom is 0.334 e. The van der Waals surface area contributed by atoms with Crippen molar-refractivity contribution in [2.45, 2.75) is 20.4 Å². The molecule has 1 saturated heterocycles. The SMILES string of the molecule is CCN1C(=O)C(=O)N(Cc2cccc(C)c2)C1=O. The molecule has 94 valence electrons. The second-order valence-electron chi connectivity index (χ2n) is 4.21. The molecule has 4 amide bonds. The van der Waals surface area contributed by atoms with Crippen molar-refractivity contribution >= 4 is 17.8 Å². The first kappa shape index (κ1) is 12.3. The number of carbonyl (C=O) groups is 3. The molecule has 1 fully saturated rings. The number of rotatable bonds is 3. The van der Waals surface area contributed by atoms with E-state index in [2.05, 4.69) is 0 Å². The van der Waals surface area contributed by atoms with Crippen LogP contribution in [0, 0.1) is 6.92 Å². The third-order valence-electron chi connectivity index (χ3n) is 2.87. The Morgan fingerprint density at radius 2 is 1.72 bits per heavy atom. The van der Waals surface area contributed by atoms with Crippen molar-refractivity contribution in [2.24, 2.45) is 0 Å². The molecule has 0 aromatic heterocycles. The van der Waals surface area contributed by atoms with Gasteiger partial charge in [0.15, 0.2) is 0 Å². The van der Waals surface area contributed by atoms with Gasteiger partial charge in [-0.25, -0.2) is 4.79 Å². The molecule has 0 saturated carbocycles. The van der Waals surface area contributed by atoms with Crippen molar-refractivity contribution in [1.82, 2.24) is 9.80 Å². The van der Waals surface area contributed by atoms with E-state index < -0.39 is 17.8 Å². The van der Waals surface area contributed by atoms with E-state index in [1.54, 1.807) is 6.92 Å². The summed E-state index contributed by atoms with van der Waals surface area (Å²) >= 11 is 0. The van der Waals surface area contributed by atoms with Crippen LogP contribution < -0.4 is 0 Å².